The molecule has 0 bridgehead atoms. The summed E-state index contributed by atoms with van der Waals surface area (Å²) in [6.45, 7) is 2.93. The molecule has 106 valence electrons. The Labute approximate surface area is 110 Å². The lowest BCUT2D eigenvalue weighted by atomic mass is 9.98. The molecule has 2 rings (SSSR count). The summed E-state index contributed by atoms with van der Waals surface area (Å²) in [4.78, 5) is 0. The zero-order chi connectivity index (χ0) is 13.2. The molecule has 2 fully saturated rings. The van der Waals surface area contributed by atoms with E-state index in [1.807, 2.05) is 6.92 Å². The fraction of sp³-hybridized carbons (Fsp3) is 1.00. The number of ether oxygens (including phenoxy) is 1. The van der Waals surface area contributed by atoms with Gasteiger partial charge < -0.3 is 10.5 Å². The van der Waals surface area contributed by atoms with E-state index in [9.17, 15) is 8.42 Å². The molecular weight excluding hydrogens is 252 g/mol. The van der Waals surface area contributed by atoms with E-state index >= 15 is 0 Å². The van der Waals surface area contributed by atoms with Crippen molar-refractivity contribution in [2.24, 2.45) is 11.7 Å². The second-order valence-electron chi connectivity index (χ2n) is 5.77. The van der Waals surface area contributed by atoms with Crippen molar-refractivity contribution < 1.29 is 13.2 Å². The fourth-order valence-corrected chi connectivity index (χ4v) is 4.39. The molecule has 0 amide bonds. The van der Waals surface area contributed by atoms with Gasteiger partial charge in [-0.05, 0) is 44.9 Å². The van der Waals surface area contributed by atoms with Crippen LogP contribution in [-0.4, -0.2) is 39.0 Å². The van der Waals surface area contributed by atoms with Gasteiger partial charge in [-0.3, -0.25) is 0 Å². The standard InChI is InChI=1S/C12H24N2O3S/c1-12(9-13,10-5-6-10)14-18(15,16)8-11-4-2-3-7-17-11/h10-11,14H,2-9,13H2,1H3. The van der Waals surface area contributed by atoms with Gasteiger partial charge in [0.15, 0.2) is 0 Å². The van der Waals surface area contributed by atoms with E-state index in [1.54, 1.807) is 0 Å². The lowest BCUT2D eigenvalue weighted by Gasteiger charge is -2.30. The molecule has 1 heterocycles. The Bertz CT molecular complexity index is 375. The summed E-state index contributed by atoms with van der Waals surface area (Å²) in [6, 6.07) is 0. The van der Waals surface area contributed by atoms with Crippen molar-refractivity contribution in [1.82, 2.24) is 4.72 Å². The van der Waals surface area contributed by atoms with Crippen LogP contribution in [0.25, 0.3) is 0 Å². The zero-order valence-corrected chi connectivity index (χ0v) is 11.8. The smallest absolute Gasteiger partial charge is 0.214 e. The van der Waals surface area contributed by atoms with Crippen molar-refractivity contribution in [3.63, 3.8) is 0 Å². The first-order chi connectivity index (χ1) is 8.45. The van der Waals surface area contributed by atoms with Crippen molar-refractivity contribution in [3.05, 3.63) is 0 Å². The summed E-state index contributed by atoms with van der Waals surface area (Å²) in [5.74, 6) is 0.458. The lowest BCUT2D eigenvalue weighted by Crippen LogP contribution is -2.54. The second-order valence-corrected chi connectivity index (χ2v) is 7.53. The third-order valence-electron chi connectivity index (χ3n) is 3.97. The molecule has 3 N–H and O–H groups in total. The monoisotopic (exact) mass is 276 g/mol. The molecular formula is C12H24N2O3S. The van der Waals surface area contributed by atoms with Gasteiger partial charge in [-0.15, -0.1) is 0 Å². The van der Waals surface area contributed by atoms with Gasteiger partial charge in [0, 0.05) is 18.7 Å². The van der Waals surface area contributed by atoms with Crippen LogP contribution in [-0.2, 0) is 14.8 Å². The van der Waals surface area contributed by atoms with Crippen molar-refractivity contribution in [3.8, 4) is 0 Å². The number of nitrogens with one attached hydrogen (secondary N) is 1. The Kier molecular flexibility index (Phi) is 4.31. The van der Waals surface area contributed by atoms with Crippen LogP contribution in [0.1, 0.15) is 39.0 Å². The molecule has 5 nitrogen and oxygen atoms in total. The van der Waals surface area contributed by atoms with Crippen LogP contribution in [0.5, 0.6) is 0 Å². The SMILES string of the molecule is CC(CN)(NS(=O)(=O)CC1CCCCO1)C1CC1. The number of hydrogen-bond donors (Lipinski definition) is 2. The summed E-state index contributed by atoms with van der Waals surface area (Å²) in [7, 11) is -3.31. The molecule has 0 spiro atoms. The minimum Gasteiger partial charge on any atom is -0.377 e. The molecule has 0 aromatic carbocycles. The maximum absolute atomic E-state index is 12.2. The van der Waals surface area contributed by atoms with Crippen LogP contribution in [0.15, 0.2) is 0 Å². The van der Waals surface area contributed by atoms with Crippen LogP contribution in [0, 0.1) is 5.92 Å². The van der Waals surface area contributed by atoms with Crippen LogP contribution in [0.2, 0.25) is 0 Å². The van der Waals surface area contributed by atoms with Gasteiger partial charge in [0.25, 0.3) is 0 Å². The van der Waals surface area contributed by atoms with Crippen molar-refractivity contribution in [1.29, 1.82) is 0 Å². The predicted molar refractivity (Wildman–Crippen MR) is 70.7 cm³/mol. The summed E-state index contributed by atoms with van der Waals surface area (Å²) in [6.07, 6.45) is 4.90. The maximum atomic E-state index is 12.2. The van der Waals surface area contributed by atoms with Crippen LogP contribution >= 0.6 is 0 Å². The molecule has 2 unspecified atom stereocenters. The molecule has 2 aliphatic rings. The van der Waals surface area contributed by atoms with Crippen LogP contribution in [0.4, 0.5) is 0 Å². The molecule has 1 saturated carbocycles. The van der Waals surface area contributed by atoms with Gasteiger partial charge in [-0.25, -0.2) is 13.1 Å². The molecule has 0 radical (unpaired) electrons. The minimum atomic E-state index is -3.31. The molecule has 0 aromatic rings. The van der Waals surface area contributed by atoms with E-state index in [0.717, 1.165) is 32.1 Å². The first kappa shape index (κ1) is 14.2. The maximum Gasteiger partial charge on any atom is 0.214 e. The van der Waals surface area contributed by atoms with E-state index in [1.165, 1.54) is 0 Å². The summed E-state index contributed by atoms with van der Waals surface area (Å²) < 4.78 is 32.6. The number of nitrogens with two attached hydrogens (primary N) is 1. The Balaban J connectivity index is 1.93. The topological polar surface area (TPSA) is 81.4 Å². The molecule has 6 heteroatoms. The Hall–Kier alpha value is -0.170. The van der Waals surface area contributed by atoms with Gasteiger partial charge in [0.2, 0.25) is 10.0 Å². The highest BCUT2D eigenvalue weighted by atomic mass is 32.2. The minimum absolute atomic E-state index is 0.0648. The highest BCUT2D eigenvalue weighted by Crippen LogP contribution is 2.39. The first-order valence-corrected chi connectivity index (χ1v) is 8.44. The zero-order valence-electron chi connectivity index (χ0n) is 11.0. The summed E-state index contributed by atoms with van der Waals surface area (Å²) in [5, 5.41) is 0. The normalized spacial score (nSPS) is 28.9. The fourth-order valence-electron chi connectivity index (χ4n) is 2.59. The van der Waals surface area contributed by atoms with Gasteiger partial charge >= 0.3 is 0 Å². The van der Waals surface area contributed by atoms with Gasteiger partial charge in [0.1, 0.15) is 0 Å². The molecule has 0 aromatic heterocycles. The number of sulfonamides is 1. The van der Waals surface area contributed by atoms with Crippen molar-refractivity contribution in [2.75, 3.05) is 18.9 Å². The molecule has 1 saturated heterocycles. The highest BCUT2D eigenvalue weighted by molar-refractivity contribution is 7.89. The Morgan fingerprint density at radius 3 is 2.56 bits per heavy atom. The van der Waals surface area contributed by atoms with Gasteiger partial charge in [-0.2, -0.15) is 0 Å². The van der Waals surface area contributed by atoms with Crippen molar-refractivity contribution >= 4 is 10.0 Å². The van der Waals surface area contributed by atoms with E-state index < -0.39 is 15.6 Å². The Morgan fingerprint density at radius 1 is 1.33 bits per heavy atom. The molecule has 2 atom stereocenters. The highest BCUT2D eigenvalue weighted by Gasteiger charge is 2.43. The summed E-state index contributed by atoms with van der Waals surface area (Å²) >= 11 is 0. The average Bonchev–Trinajstić information content (AvgIpc) is 3.13. The quantitative estimate of drug-likeness (QED) is 0.744. The molecule has 18 heavy (non-hydrogen) atoms. The predicted octanol–water partition coefficient (Wildman–Crippen LogP) is 0.602. The number of rotatable bonds is 6. The lowest BCUT2D eigenvalue weighted by molar-refractivity contribution is 0.0303. The summed E-state index contributed by atoms with van der Waals surface area (Å²) in [5.41, 5.74) is 5.25. The van der Waals surface area contributed by atoms with Crippen molar-refractivity contribution in [2.45, 2.75) is 50.7 Å². The van der Waals surface area contributed by atoms with E-state index in [-0.39, 0.29) is 11.9 Å². The van der Waals surface area contributed by atoms with Crippen LogP contribution in [0.3, 0.4) is 0 Å². The molecule has 1 aliphatic heterocycles. The van der Waals surface area contributed by atoms with E-state index in [2.05, 4.69) is 4.72 Å². The third kappa shape index (κ3) is 3.66. The third-order valence-corrected chi connectivity index (χ3v) is 5.56. The van der Waals surface area contributed by atoms with Gasteiger partial charge in [0.05, 0.1) is 11.9 Å². The van der Waals surface area contributed by atoms with E-state index in [4.69, 9.17) is 10.5 Å². The second kappa shape index (κ2) is 5.45. The van der Waals surface area contributed by atoms with Gasteiger partial charge in [-0.1, -0.05) is 0 Å². The number of hydrogen-bond acceptors (Lipinski definition) is 4. The molecule has 1 aliphatic carbocycles. The average molecular weight is 276 g/mol. The first-order valence-electron chi connectivity index (χ1n) is 6.78. The van der Waals surface area contributed by atoms with Crippen LogP contribution < -0.4 is 10.5 Å². The van der Waals surface area contributed by atoms with E-state index in [0.29, 0.717) is 19.1 Å². The Morgan fingerprint density at radius 2 is 2.06 bits per heavy atom. The largest absolute Gasteiger partial charge is 0.377 e.